The molecule has 1 aliphatic heterocycles. The summed E-state index contributed by atoms with van der Waals surface area (Å²) >= 11 is 0. The second kappa shape index (κ2) is 5.31. The lowest BCUT2D eigenvalue weighted by molar-refractivity contribution is -0.136. The lowest BCUT2D eigenvalue weighted by atomic mass is 10.1. The third-order valence-corrected chi connectivity index (χ3v) is 3.25. The minimum atomic E-state index is -0.874. The van der Waals surface area contributed by atoms with Crippen molar-refractivity contribution in [2.75, 3.05) is 13.1 Å². The van der Waals surface area contributed by atoms with Crippen LogP contribution in [-0.4, -0.2) is 40.1 Å². The van der Waals surface area contributed by atoms with E-state index in [1.807, 2.05) is 0 Å². The molecule has 0 bridgehead atoms. The Bertz CT molecular complexity index is 389. The maximum atomic E-state index is 10.5. The van der Waals surface area contributed by atoms with Gasteiger partial charge in [-0.3, -0.25) is 4.79 Å². The predicted octanol–water partition coefficient (Wildman–Crippen LogP) is 1.33. The molecule has 0 spiro atoms. The minimum Gasteiger partial charge on any atom is -0.481 e. The number of hydrogen-bond donors (Lipinski definition) is 1. The van der Waals surface area contributed by atoms with E-state index in [0.29, 0.717) is 17.6 Å². The average molecular weight is 238 g/mol. The normalized spacial score (nSPS) is 20.9. The van der Waals surface area contributed by atoms with Gasteiger partial charge in [-0.15, -0.1) is 0 Å². The van der Waals surface area contributed by atoms with Crippen molar-refractivity contribution in [1.82, 2.24) is 9.88 Å². The summed E-state index contributed by atoms with van der Waals surface area (Å²) < 4.78 is 5.32. The van der Waals surface area contributed by atoms with Gasteiger partial charge in [-0.25, -0.2) is 4.98 Å². The molecule has 2 rings (SSSR count). The molecule has 1 saturated heterocycles. The van der Waals surface area contributed by atoms with Gasteiger partial charge in [0.05, 0.1) is 12.1 Å². The molecule has 94 valence electrons. The van der Waals surface area contributed by atoms with E-state index in [2.05, 4.69) is 16.8 Å². The van der Waals surface area contributed by atoms with Gasteiger partial charge >= 0.3 is 5.97 Å². The van der Waals surface area contributed by atoms with Crippen LogP contribution in [0.15, 0.2) is 10.7 Å². The Hall–Kier alpha value is -1.36. The van der Waals surface area contributed by atoms with Gasteiger partial charge in [0.2, 0.25) is 0 Å². The van der Waals surface area contributed by atoms with Crippen molar-refractivity contribution in [3.8, 4) is 0 Å². The third-order valence-electron chi connectivity index (χ3n) is 3.25. The number of likely N-dealkylation sites (tertiary alicyclic amines) is 1. The maximum Gasteiger partial charge on any atom is 0.309 e. The number of aromatic nitrogens is 1. The van der Waals surface area contributed by atoms with Crippen LogP contribution in [0.3, 0.4) is 0 Å². The molecule has 0 amide bonds. The largest absolute Gasteiger partial charge is 0.481 e. The predicted molar refractivity (Wildman–Crippen MR) is 61.8 cm³/mol. The van der Waals surface area contributed by atoms with E-state index in [1.165, 1.54) is 19.1 Å². The van der Waals surface area contributed by atoms with E-state index in [0.717, 1.165) is 19.5 Å². The molecule has 5 heteroatoms. The summed E-state index contributed by atoms with van der Waals surface area (Å²) in [6.07, 6.45) is 4.57. The van der Waals surface area contributed by atoms with Gasteiger partial charge in [0.1, 0.15) is 6.26 Å². The number of hydrogen-bond acceptors (Lipinski definition) is 4. The number of likely N-dealkylation sites (N-methyl/N-ethyl adjacent to an activating group) is 1. The molecule has 2 heterocycles. The molecule has 1 unspecified atom stereocenters. The van der Waals surface area contributed by atoms with Crippen molar-refractivity contribution >= 4 is 5.97 Å². The molecular weight excluding hydrogens is 220 g/mol. The average Bonchev–Trinajstić information content (AvgIpc) is 2.87. The third kappa shape index (κ3) is 3.06. The van der Waals surface area contributed by atoms with Crippen molar-refractivity contribution in [2.24, 2.45) is 0 Å². The molecular formula is C12H18N2O3. The van der Waals surface area contributed by atoms with Crippen molar-refractivity contribution < 1.29 is 14.3 Å². The monoisotopic (exact) mass is 238 g/mol. The highest BCUT2D eigenvalue weighted by molar-refractivity contribution is 5.69. The fraction of sp³-hybridized carbons (Fsp3) is 0.667. The molecule has 1 aliphatic rings. The van der Waals surface area contributed by atoms with Crippen LogP contribution in [0.25, 0.3) is 0 Å². The van der Waals surface area contributed by atoms with Gasteiger partial charge < -0.3 is 14.4 Å². The van der Waals surface area contributed by atoms with E-state index in [-0.39, 0.29) is 6.42 Å². The Morgan fingerprint density at radius 1 is 1.71 bits per heavy atom. The fourth-order valence-corrected chi connectivity index (χ4v) is 2.42. The zero-order chi connectivity index (χ0) is 12.3. The number of carboxylic acids is 1. The Kier molecular flexibility index (Phi) is 3.78. The van der Waals surface area contributed by atoms with Crippen molar-refractivity contribution in [3.63, 3.8) is 0 Å². The summed E-state index contributed by atoms with van der Waals surface area (Å²) in [6.45, 7) is 4.35. The molecule has 0 saturated carbocycles. The van der Waals surface area contributed by atoms with E-state index in [1.54, 1.807) is 0 Å². The fourth-order valence-electron chi connectivity index (χ4n) is 2.42. The molecule has 1 aromatic heterocycles. The standard InChI is InChI=1S/C12H18N2O3/c1-2-14-5-3-4-10(14)7-11-13-9(8-17-11)6-12(15)16/h8,10H,2-7H2,1H3,(H,15,16). The van der Waals surface area contributed by atoms with Crippen LogP contribution in [0.4, 0.5) is 0 Å². The van der Waals surface area contributed by atoms with Gasteiger partial charge in [0.15, 0.2) is 5.89 Å². The van der Waals surface area contributed by atoms with Crippen LogP contribution in [0.2, 0.25) is 0 Å². The highest BCUT2D eigenvalue weighted by Gasteiger charge is 2.24. The first kappa shape index (κ1) is 12.1. The van der Waals surface area contributed by atoms with Gasteiger partial charge in [-0.05, 0) is 25.9 Å². The van der Waals surface area contributed by atoms with Gasteiger partial charge in [-0.1, -0.05) is 6.92 Å². The number of carbonyl (C=O) groups is 1. The first-order valence-corrected chi connectivity index (χ1v) is 6.08. The lowest BCUT2D eigenvalue weighted by Crippen LogP contribution is -2.30. The highest BCUT2D eigenvalue weighted by atomic mass is 16.4. The number of aliphatic carboxylic acids is 1. The molecule has 0 aromatic carbocycles. The molecule has 0 radical (unpaired) electrons. The second-order valence-corrected chi connectivity index (χ2v) is 4.43. The smallest absolute Gasteiger partial charge is 0.309 e. The maximum absolute atomic E-state index is 10.5. The van der Waals surface area contributed by atoms with Crippen LogP contribution in [0, 0.1) is 0 Å². The lowest BCUT2D eigenvalue weighted by Gasteiger charge is -2.20. The number of oxazole rings is 1. The molecule has 17 heavy (non-hydrogen) atoms. The van der Waals surface area contributed by atoms with Crippen molar-refractivity contribution in [3.05, 3.63) is 17.8 Å². The van der Waals surface area contributed by atoms with Crippen molar-refractivity contribution in [1.29, 1.82) is 0 Å². The first-order chi connectivity index (χ1) is 8.19. The first-order valence-electron chi connectivity index (χ1n) is 6.08. The van der Waals surface area contributed by atoms with Gasteiger partial charge in [0.25, 0.3) is 0 Å². The highest BCUT2D eigenvalue weighted by Crippen LogP contribution is 2.20. The van der Waals surface area contributed by atoms with E-state index in [9.17, 15) is 4.79 Å². The zero-order valence-corrected chi connectivity index (χ0v) is 10.1. The zero-order valence-electron chi connectivity index (χ0n) is 10.1. The van der Waals surface area contributed by atoms with Gasteiger partial charge in [-0.2, -0.15) is 0 Å². The van der Waals surface area contributed by atoms with Crippen LogP contribution in [-0.2, 0) is 17.6 Å². The van der Waals surface area contributed by atoms with Crippen LogP contribution >= 0.6 is 0 Å². The Morgan fingerprint density at radius 2 is 2.53 bits per heavy atom. The SMILES string of the molecule is CCN1CCCC1Cc1nc(CC(=O)O)co1. The molecule has 1 N–H and O–H groups in total. The van der Waals surface area contributed by atoms with Crippen LogP contribution in [0.5, 0.6) is 0 Å². The van der Waals surface area contributed by atoms with Crippen molar-refractivity contribution in [2.45, 2.75) is 38.6 Å². The summed E-state index contributed by atoms with van der Waals surface area (Å²) in [7, 11) is 0. The van der Waals surface area contributed by atoms with E-state index >= 15 is 0 Å². The summed E-state index contributed by atoms with van der Waals surface area (Å²) in [5, 5.41) is 8.65. The Morgan fingerprint density at radius 3 is 3.24 bits per heavy atom. The summed E-state index contributed by atoms with van der Waals surface area (Å²) in [5.41, 5.74) is 0.508. The number of rotatable bonds is 5. The van der Waals surface area contributed by atoms with E-state index < -0.39 is 5.97 Å². The Labute approximate surface area is 100 Å². The molecule has 1 fully saturated rings. The van der Waals surface area contributed by atoms with Crippen LogP contribution < -0.4 is 0 Å². The van der Waals surface area contributed by atoms with Gasteiger partial charge in [0, 0.05) is 12.5 Å². The summed E-state index contributed by atoms with van der Waals surface area (Å²) in [5.74, 6) is -0.215. The molecule has 0 aliphatic carbocycles. The van der Waals surface area contributed by atoms with E-state index in [4.69, 9.17) is 9.52 Å². The molecule has 1 aromatic rings. The topological polar surface area (TPSA) is 66.6 Å². The molecule has 1 atom stereocenters. The summed E-state index contributed by atoms with van der Waals surface area (Å²) in [4.78, 5) is 17.2. The van der Waals surface area contributed by atoms with Crippen LogP contribution in [0.1, 0.15) is 31.4 Å². The summed E-state index contributed by atoms with van der Waals surface area (Å²) in [6, 6.07) is 0.497. The number of carboxylic acid groups (broad SMARTS) is 1. The Balaban J connectivity index is 1.94. The second-order valence-electron chi connectivity index (χ2n) is 4.43. The number of nitrogens with zero attached hydrogens (tertiary/aromatic N) is 2. The minimum absolute atomic E-state index is 0.0638. The quantitative estimate of drug-likeness (QED) is 0.838. The molecule has 5 nitrogen and oxygen atoms in total.